The van der Waals surface area contributed by atoms with Crippen molar-refractivity contribution in [3.8, 4) is 11.5 Å². The van der Waals surface area contributed by atoms with Crippen LogP contribution in [0.3, 0.4) is 0 Å². The standard InChI is InChI=1S/C22H34N6O6/c1-28-9-6-7-15(28)20(30)26-13-18(29)27-14-11-16(32-2)19(17(12-14)33-3)21(31)34-10-5-4-8-25-22(23)24/h11-12,15H,4-10,13H2,1-3H3,(H,26,30)(H,27,29)(H4,23,24,25)/t15-/m0/s1. The monoisotopic (exact) mass is 478 g/mol. The molecule has 0 aliphatic carbocycles. The number of guanidine groups is 1. The molecule has 0 aromatic heterocycles. The molecular formula is C22H34N6O6. The molecule has 2 rings (SSSR count). The summed E-state index contributed by atoms with van der Waals surface area (Å²) in [7, 11) is 4.67. The molecule has 1 heterocycles. The van der Waals surface area contributed by atoms with Crippen molar-refractivity contribution in [1.82, 2.24) is 10.2 Å². The molecule has 1 aliphatic heterocycles. The minimum absolute atomic E-state index is 0.0162. The largest absolute Gasteiger partial charge is 0.496 e. The Hall–Kier alpha value is -3.54. The fourth-order valence-electron chi connectivity index (χ4n) is 3.58. The third-order valence-corrected chi connectivity index (χ3v) is 5.32. The Bertz CT molecular complexity index is 877. The van der Waals surface area contributed by atoms with Gasteiger partial charge < -0.3 is 36.3 Å². The maximum atomic E-state index is 12.6. The molecule has 34 heavy (non-hydrogen) atoms. The highest BCUT2D eigenvalue weighted by atomic mass is 16.5. The number of hydrogen-bond acceptors (Lipinski definition) is 8. The molecule has 1 aromatic rings. The van der Waals surface area contributed by atoms with Crippen molar-refractivity contribution >= 4 is 29.4 Å². The third-order valence-electron chi connectivity index (χ3n) is 5.32. The van der Waals surface area contributed by atoms with E-state index < -0.39 is 11.9 Å². The fraction of sp³-hybridized carbons (Fsp3) is 0.545. The third kappa shape index (κ3) is 7.80. The van der Waals surface area contributed by atoms with Crippen LogP contribution >= 0.6 is 0 Å². The van der Waals surface area contributed by atoms with Crippen LogP contribution in [0.2, 0.25) is 0 Å². The number of esters is 1. The zero-order chi connectivity index (χ0) is 25.1. The van der Waals surface area contributed by atoms with Crippen LogP contribution in [0, 0.1) is 0 Å². The van der Waals surface area contributed by atoms with E-state index >= 15 is 0 Å². The predicted molar refractivity (Wildman–Crippen MR) is 127 cm³/mol. The molecule has 0 unspecified atom stereocenters. The maximum Gasteiger partial charge on any atom is 0.345 e. The molecular weight excluding hydrogens is 444 g/mol. The number of aliphatic imine (C=N–C) groups is 1. The molecule has 1 aliphatic rings. The van der Waals surface area contributed by atoms with Crippen LogP contribution in [0.15, 0.2) is 17.1 Å². The maximum absolute atomic E-state index is 12.6. The minimum Gasteiger partial charge on any atom is -0.496 e. The van der Waals surface area contributed by atoms with Crippen molar-refractivity contribution in [2.24, 2.45) is 16.5 Å². The summed E-state index contributed by atoms with van der Waals surface area (Å²) < 4.78 is 16.0. The number of rotatable bonds is 12. The highest BCUT2D eigenvalue weighted by molar-refractivity contribution is 5.99. The molecule has 0 radical (unpaired) electrons. The molecule has 0 spiro atoms. The second-order valence-electron chi connectivity index (χ2n) is 7.81. The number of carbonyl (C=O) groups excluding carboxylic acids is 3. The first-order valence-corrected chi connectivity index (χ1v) is 11.0. The highest BCUT2D eigenvalue weighted by Crippen LogP contribution is 2.33. The molecule has 188 valence electrons. The van der Waals surface area contributed by atoms with Crippen LogP contribution < -0.4 is 31.6 Å². The summed E-state index contributed by atoms with van der Waals surface area (Å²) in [5.41, 5.74) is 11.0. The number of benzene rings is 1. The number of nitrogens with one attached hydrogen (secondary N) is 2. The van der Waals surface area contributed by atoms with Crippen LogP contribution in [0.25, 0.3) is 0 Å². The van der Waals surface area contributed by atoms with Gasteiger partial charge in [-0.15, -0.1) is 0 Å². The normalized spacial score (nSPS) is 15.3. The number of likely N-dealkylation sites (tertiary alicyclic amines) is 1. The first kappa shape index (κ1) is 26.7. The number of nitrogens with two attached hydrogens (primary N) is 2. The Balaban J connectivity index is 1.96. The van der Waals surface area contributed by atoms with Gasteiger partial charge in [-0.2, -0.15) is 0 Å². The molecule has 0 saturated carbocycles. The van der Waals surface area contributed by atoms with Gasteiger partial charge in [0.15, 0.2) is 5.96 Å². The molecule has 12 nitrogen and oxygen atoms in total. The summed E-state index contributed by atoms with van der Waals surface area (Å²) in [6, 6.07) is 2.76. The van der Waals surface area contributed by atoms with Crippen LogP contribution in [0.1, 0.15) is 36.0 Å². The number of methoxy groups -OCH3 is 2. The average molecular weight is 479 g/mol. The summed E-state index contributed by atoms with van der Waals surface area (Å²) >= 11 is 0. The van der Waals surface area contributed by atoms with Gasteiger partial charge in [0.05, 0.1) is 33.4 Å². The van der Waals surface area contributed by atoms with Gasteiger partial charge in [0.2, 0.25) is 11.8 Å². The van der Waals surface area contributed by atoms with Gasteiger partial charge in [-0.3, -0.25) is 19.5 Å². The zero-order valence-electron chi connectivity index (χ0n) is 19.9. The number of unbranched alkanes of at least 4 members (excludes halogenated alkanes) is 1. The van der Waals surface area contributed by atoms with E-state index in [1.807, 2.05) is 11.9 Å². The molecule has 2 amide bonds. The molecule has 1 aromatic carbocycles. The summed E-state index contributed by atoms with van der Waals surface area (Å²) in [5.74, 6) is -0.853. The molecule has 1 fully saturated rings. The molecule has 0 bridgehead atoms. The lowest BCUT2D eigenvalue weighted by molar-refractivity contribution is -0.127. The lowest BCUT2D eigenvalue weighted by Crippen LogP contribution is -2.44. The lowest BCUT2D eigenvalue weighted by Gasteiger charge is -2.18. The van der Waals surface area contributed by atoms with E-state index in [0.717, 1.165) is 19.4 Å². The summed E-state index contributed by atoms with van der Waals surface area (Å²) in [6.07, 6.45) is 2.95. The van der Waals surface area contributed by atoms with Gasteiger partial charge in [0.25, 0.3) is 0 Å². The molecule has 1 saturated heterocycles. The Morgan fingerprint density at radius 2 is 1.82 bits per heavy atom. The Morgan fingerprint density at radius 1 is 1.15 bits per heavy atom. The molecule has 6 N–H and O–H groups in total. The van der Waals surface area contributed by atoms with Crippen molar-refractivity contribution in [1.29, 1.82) is 0 Å². The summed E-state index contributed by atoms with van der Waals surface area (Å²) in [6.45, 7) is 1.28. The summed E-state index contributed by atoms with van der Waals surface area (Å²) in [5, 5.41) is 5.33. The number of ether oxygens (including phenoxy) is 3. The quantitative estimate of drug-likeness (QED) is 0.140. The van der Waals surface area contributed by atoms with Crippen LogP contribution in [0.5, 0.6) is 11.5 Å². The van der Waals surface area contributed by atoms with Gasteiger partial charge in [-0.05, 0) is 39.3 Å². The minimum atomic E-state index is -0.624. The van der Waals surface area contributed by atoms with Crippen molar-refractivity contribution in [3.05, 3.63) is 17.7 Å². The van der Waals surface area contributed by atoms with Gasteiger partial charge in [-0.25, -0.2) is 4.79 Å². The van der Waals surface area contributed by atoms with Crippen molar-refractivity contribution < 1.29 is 28.6 Å². The number of likely N-dealkylation sites (N-methyl/N-ethyl adjacent to an activating group) is 1. The van der Waals surface area contributed by atoms with E-state index in [9.17, 15) is 14.4 Å². The van der Waals surface area contributed by atoms with E-state index in [4.69, 9.17) is 25.7 Å². The molecule has 12 heteroatoms. The van der Waals surface area contributed by atoms with Crippen LogP contribution in [-0.2, 0) is 14.3 Å². The first-order chi connectivity index (χ1) is 16.3. The average Bonchev–Trinajstić information content (AvgIpc) is 3.24. The van der Waals surface area contributed by atoms with Crippen molar-refractivity contribution in [2.45, 2.75) is 31.7 Å². The van der Waals surface area contributed by atoms with E-state index in [2.05, 4.69) is 15.6 Å². The number of anilines is 1. The topological polar surface area (TPSA) is 171 Å². The van der Waals surface area contributed by atoms with Crippen molar-refractivity contribution in [3.63, 3.8) is 0 Å². The fourth-order valence-corrected chi connectivity index (χ4v) is 3.58. The van der Waals surface area contributed by atoms with Crippen LogP contribution in [-0.4, -0.2) is 82.2 Å². The smallest absolute Gasteiger partial charge is 0.345 e. The second-order valence-corrected chi connectivity index (χ2v) is 7.81. The van der Waals surface area contributed by atoms with E-state index in [1.54, 1.807) is 0 Å². The van der Waals surface area contributed by atoms with Gasteiger partial charge in [-0.1, -0.05) is 0 Å². The number of amides is 2. The number of hydrogen-bond donors (Lipinski definition) is 4. The Kier molecular flexibility index (Phi) is 10.4. The van der Waals surface area contributed by atoms with Gasteiger partial charge in [0, 0.05) is 24.4 Å². The van der Waals surface area contributed by atoms with Crippen molar-refractivity contribution in [2.75, 3.05) is 52.8 Å². The number of nitrogens with zero attached hydrogens (tertiary/aromatic N) is 2. The molecule has 1 atom stereocenters. The number of carbonyl (C=O) groups is 3. The Morgan fingerprint density at radius 3 is 2.38 bits per heavy atom. The summed E-state index contributed by atoms with van der Waals surface area (Å²) in [4.78, 5) is 43.1. The van der Waals surface area contributed by atoms with E-state index in [-0.39, 0.29) is 48.1 Å². The van der Waals surface area contributed by atoms with Gasteiger partial charge in [0.1, 0.15) is 17.1 Å². The SMILES string of the molecule is COc1cc(NC(=O)CNC(=O)[C@@H]2CCCN2C)cc(OC)c1C(=O)OCCCCN=C(N)N. The zero-order valence-corrected chi connectivity index (χ0v) is 19.9. The van der Waals surface area contributed by atoms with E-state index in [1.165, 1.54) is 26.4 Å². The van der Waals surface area contributed by atoms with E-state index in [0.29, 0.717) is 25.1 Å². The van der Waals surface area contributed by atoms with Crippen LogP contribution in [0.4, 0.5) is 5.69 Å². The Labute approximate surface area is 199 Å². The second kappa shape index (κ2) is 13.2. The van der Waals surface area contributed by atoms with Gasteiger partial charge >= 0.3 is 5.97 Å². The predicted octanol–water partition coefficient (Wildman–Crippen LogP) is 0.0631. The first-order valence-electron chi connectivity index (χ1n) is 11.0. The highest BCUT2D eigenvalue weighted by Gasteiger charge is 2.28. The lowest BCUT2D eigenvalue weighted by atomic mass is 10.1.